The summed E-state index contributed by atoms with van der Waals surface area (Å²) in [7, 11) is -4.24. The molecule has 3 atom stereocenters. The Morgan fingerprint density at radius 1 is 1.19 bits per heavy atom. The van der Waals surface area contributed by atoms with Gasteiger partial charge in [-0.25, -0.2) is 4.39 Å². The van der Waals surface area contributed by atoms with Gasteiger partial charge in [-0.1, -0.05) is 13.8 Å². The molecule has 6 heteroatoms. The molecule has 0 amide bonds. The Balaban J connectivity index is 1.68. The van der Waals surface area contributed by atoms with E-state index in [1.54, 1.807) is 0 Å². The third-order valence-electron chi connectivity index (χ3n) is 5.72. The lowest BCUT2D eigenvalue weighted by molar-refractivity contribution is -0.118. The number of halogens is 1. The molecule has 0 aromatic carbocycles. The van der Waals surface area contributed by atoms with E-state index in [4.69, 9.17) is 4.55 Å². The number of rotatable bonds is 5. The van der Waals surface area contributed by atoms with Gasteiger partial charge in [-0.2, -0.15) is 8.42 Å². The van der Waals surface area contributed by atoms with Gasteiger partial charge < -0.3 is 5.32 Å². The fourth-order valence-corrected chi connectivity index (χ4v) is 6.83. The van der Waals surface area contributed by atoms with Crippen LogP contribution in [0.2, 0.25) is 0 Å². The zero-order valence-electron chi connectivity index (χ0n) is 12.9. The Morgan fingerprint density at radius 2 is 1.76 bits per heavy atom. The minimum atomic E-state index is -4.24. The molecule has 0 radical (unpaired) electrons. The summed E-state index contributed by atoms with van der Waals surface area (Å²) in [6, 6.07) is 0. The van der Waals surface area contributed by atoms with E-state index >= 15 is 0 Å². The van der Waals surface area contributed by atoms with E-state index in [1.165, 1.54) is 19.3 Å². The van der Waals surface area contributed by atoms with Crippen LogP contribution in [0.5, 0.6) is 0 Å². The Hall–Kier alpha value is -0.200. The highest BCUT2D eigenvalue weighted by Gasteiger charge is 2.59. The molecule has 4 aliphatic carbocycles. The molecule has 4 aliphatic rings. The summed E-state index contributed by atoms with van der Waals surface area (Å²) < 4.78 is 44.0. The van der Waals surface area contributed by atoms with Crippen LogP contribution in [0.15, 0.2) is 0 Å². The Bertz CT molecular complexity index is 517. The van der Waals surface area contributed by atoms with Gasteiger partial charge in [-0.15, -0.1) is 0 Å². The molecular weight excluding hydrogens is 293 g/mol. The van der Waals surface area contributed by atoms with Gasteiger partial charge in [0.2, 0.25) is 0 Å². The number of hydrogen-bond donors (Lipinski definition) is 2. The van der Waals surface area contributed by atoms with Gasteiger partial charge in [0, 0.05) is 12.1 Å². The molecule has 21 heavy (non-hydrogen) atoms. The fraction of sp³-hybridized carbons (Fsp3) is 1.00. The summed E-state index contributed by atoms with van der Waals surface area (Å²) >= 11 is 0. The Kier molecular flexibility index (Phi) is 3.47. The van der Waals surface area contributed by atoms with Crippen LogP contribution >= 0.6 is 0 Å². The van der Waals surface area contributed by atoms with Crippen LogP contribution in [-0.2, 0) is 10.1 Å². The van der Waals surface area contributed by atoms with Crippen molar-refractivity contribution in [1.82, 2.24) is 5.32 Å². The standard InChI is InChI=1S/C15H26FNO3S/c1-13-3-11-4-14(2,8-13)10-15(5-11,9-13)17-6-12(16)7-21(18,19)20/h11-12,17H,3-10H2,1-2H3,(H,18,19,20)/t11?,12-,13?,14?,15?/m0/s1. The summed E-state index contributed by atoms with van der Waals surface area (Å²) in [4.78, 5) is 0. The van der Waals surface area contributed by atoms with Crippen molar-refractivity contribution in [2.45, 2.75) is 64.1 Å². The van der Waals surface area contributed by atoms with Crippen molar-refractivity contribution >= 4 is 10.1 Å². The third-order valence-corrected chi connectivity index (χ3v) is 6.50. The first kappa shape index (κ1) is 15.7. The maximum absolute atomic E-state index is 13.8. The molecule has 0 aliphatic heterocycles. The van der Waals surface area contributed by atoms with Crippen LogP contribution in [0.4, 0.5) is 4.39 Å². The molecule has 4 nitrogen and oxygen atoms in total. The molecule has 4 fully saturated rings. The predicted molar refractivity (Wildman–Crippen MR) is 79.5 cm³/mol. The molecule has 122 valence electrons. The minimum absolute atomic E-state index is 0.0126. The van der Waals surface area contributed by atoms with E-state index in [0.717, 1.165) is 19.3 Å². The van der Waals surface area contributed by atoms with Crippen LogP contribution in [0.25, 0.3) is 0 Å². The highest BCUT2D eigenvalue weighted by Crippen LogP contribution is 2.66. The van der Waals surface area contributed by atoms with Gasteiger partial charge in [0.25, 0.3) is 10.1 Å². The van der Waals surface area contributed by atoms with Gasteiger partial charge in [-0.05, 0) is 55.3 Å². The maximum atomic E-state index is 13.8. The van der Waals surface area contributed by atoms with Crippen molar-refractivity contribution < 1.29 is 17.4 Å². The molecule has 0 saturated heterocycles. The van der Waals surface area contributed by atoms with Crippen molar-refractivity contribution in [3.05, 3.63) is 0 Å². The predicted octanol–water partition coefficient (Wildman–Crippen LogP) is 2.55. The summed E-state index contributed by atoms with van der Waals surface area (Å²) in [6.45, 7) is 4.70. The molecule has 4 rings (SSSR count). The summed E-state index contributed by atoms with van der Waals surface area (Å²) in [5, 5.41) is 3.35. The quantitative estimate of drug-likeness (QED) is 0.764. The van der Waals surface area contributed by atoms with Gasteiger partial charge in [0.05, 0.1) is 0 Å². The van der Waals surface area contributed by atoms with Crippen LogP contribution < -0.4 is 5.32 Å². The Labute approximate surface area is 126 Å². The van der Waals surface area contributed by atoms with E-state index in [-0.39, 0.29) is 12.1 Å². The second kappa shape index (κ2) is 4.65. The van der Waals surface area contributed by atoms with Gasteiger partial charge in [0.15, 0.2) is 0 Å². The van der Waals surface area contributed by atoms with Crippen molar-refractivity contribution in [1.29, 1.82) is 0 Å². The SMILES string of the molecule is CC12CC3CC(C)(C1)CC(NC[C@H](F)CS(=O)(=O)O)(C3)C2. The van der Waals surface area contributed by atoms with E-state index < -0.39 is 22.0 Å². The van der Waals surface area contributed by atoms with Crippen LogP contribution in [0.1, 0.15) is 52.4 Å². The fourth-order valence-electron chi connectivity index (χ4n) is 6.26. The molecule has 0 heterocycles. The van der Waals surface area contributed by atoms with Crippen LogP contribution in [0, 0.1) is 16.7 Å². The van der Waals surface area contributed by atoms with Gasteiger partial charge >= 0.3 is 0 Å². The van der Waals surface area contributed by atoms with Crippen LogP contribution in [-0.4, -0.2) is 37.0 Å². The topological polar surface area (TPSA) is 66.4 Å². The number of hydrogen-bond acceptors (Lipinski definition) is 3. The average Bonchev–Trinajstić information content (AvgIpc) is 2.18. The first-order valence-corrected chi connectivity index (χ1v) is 9.46. The van der Waals surface area contributed by atoms with E-state index in [2.05, 4.69) is 19.2 Å². The first-order chi connectivity index (χ1) is 9.51. The lowest BCUT2D eigenvalue weighted by atomic mass is 9.43. The minimum Gasteiger partial charge on any atom is -0.308 e. The second-order valence-corrected chi connectivity index (χ2v) is 10.1. The maximum Gasteiger partial charge on any atom is 0.267 e. The zero-order valence-corrected chi connectivity index (χ0v) is 13.7. The average molecular weight is 319 g/mol. The molecule has 0 spiro atoms. The highest BCUT2D eigenvalue weighted by atomic mass is 32.2. The van der Waals surface area contributed by atoms with Crippen molar-refractivity contribution in [3.8, 4) is 0 Å². The lowest BCUT2D eigenvalue weighted by Crippen LogP contribution is -2.64. The van der Waals surface area contributed by atoms with Crippen LogP contribution in [0.3, 0.4) is 0 Å². The Morgan fingerprint density at radius 3 is 2.24 bits per heavy atom. The monoisotopic (exact) mass is 319 g/mol. The summed E-state index contributed by atoms with van der Waals surface area (Å²) in [6.07, 6.45) is 5.45. The highest BCUT2D eigenvalue weighted by molar-refractivity contribution is 7.85. The summed E-state index contributed by atoms with van der Waals surface area (Å²) in [5.74, 6) is -0.1000. The lowest BCUT2D eigenvalue weighted by Gasteiger charge is -2.65. The molecule has 0 aromatic heterocycles. The molecular formula is C15H26FNO3S. The van der Waals surface area contributed by atoms with E-state index in [9.17, 15) is 12.8 Å². The first-order valence-electron chi connectivity index (χ1n) is 7.85. The van der Waals surface area contributed by atoms with Gasteiger partial charge in [-0.3, -0.25) is 4.55 Å². The smallest absolute Gasteiger partial charge is 0.267 e. The third kappa shape index (κ3) is 3.27. The zero-order chi connectivity index (χ0) is 15.5. The van der Waals surface area contributed by atoms with E-state index in [0.29, 0.717) is 16.7 Å². The molecule has 0 aromatic rings. The van der Waals surface area contributed by atoms with E-state index in [1.807, 2.05) is 0 Å². The summed E-state index contributed by atoms with van der Waals surface area (Å²) in [5.41, 5.74) is 0.651. The molecule has 2 N–H and O–H groups in total. The number of nitrogens with one attached hydrogen (secondary N) is 1. The molecule has 2 unspecified atom stereocenters. The van der Waals surface area contributed by atoms with Crippen molar-refractivity contribution in [2.24, 2.45) is 16.7 Å². The number of alkyl halides is 1. The molecule has 4 saturated carbocycles. The second-order valence-electron chi connectivity index (χ2n) is 8.64. The van der Waals surface area contributed by atoms with Crippen molar-refractivity contribution in [3.63, 3.8) is 0 Å². The van der Waals surface area contributed by atoms with Gasteiger partial charge in [0.1, 0.15) is 11.9 Å². The molecule has 4 bridgehead atoms. The normalized spacial score (nSPS) is 46.8. The largest absolute Gasteiger partial charge is 0.308 e. The van der Waals surface area contributed by atoms with Crippen molar-refractivity contribution in [2.75, 3.05) is 12.3 Å².